The number of aryl methyl sites for hydroxylation is 2. The Hall–Kier alpha value is -1.78. The fourth-order valence-corrected chi connectivity index (χ4v) is 4.24. The van der Waals surface area contributed by atoms with E-state index in [0.29, 0.717) is 11.8 Å². The highest BCUT2D eigenvalue weighted by atomic mass is 16.6. The normalized spacial score (nSPS) is 24.0. The lowest BCUT2D eigenvalue weighted by Crippen LogP contribution is -2.40. The minimum atomic E-state index is -0.427. The van der Waals surface area contributed by atoms with Gasteiger partial charge in [0, 0.05) is 43.3 Å². The number of carbonyl (C=O) groups is 1. The van der Waals surface area contributed by atoms with Crippen molar-refractivity contribution in [2.24, 2.45) is 11.8 Å². The Labute approximate surface area is 157 Å². The fourth-order valence-electron chi connectivity index (χ4n) is 4.24. The first-order valence-electron chi connectivity index (χ1n) is 9.88. The first-order valence-corrected chi connectivity index (χ1v) is 9.88. The summed E-state index contributed by atoms with van der Waals surface area (Å²) >= 11 is 0. The van der Waals surface area contributed by atoms with E-state index in [9.17, 15) is 4.79 Å². The standard InChI is InChI=1S/C21H33N3O2/c1-15-10-19(11-16(2)22-15)23-8-6-18-12-17(13-23)7-9-24(14-18)20(25)26-21(3,4)5/h10-11,17-18H,6-9,12-14H2,1-5H3/t17?,18-/m1/s1. The molecule has 3 heterocycles. The molecule has 0 aliphatic carbocycles. The topological polar surface area (TPSA) is 45.7 Å². The maximum atomic E-state index is 12.5. The number of nitrogens with zero attached hydrogens (tertiary/aromatic N) is 3. The van der Waals surface area contributed by atoms with Crippen LogP contribution in [0.15, 0.2) is 12.1 Å². The van der Waals surface area contributed by atoms with E-state index in [1.165, 1.54) is 12.1 Å². The van der Waals surface area contributed by atoms with Crippen molar-refractivity contribution >= 4 is 11.8 Å². The Morgan fingerprint density at radius 3 is 2.35 bits per heavy atom. The predicted octanol–water partition coefficient (Wildman–Crippen LogP) is 4.17. The smallest absolute Gasteiger partial charge is 0.410 e. The molecular weight excluding hydrogens is 326 g/mol. The molecule has 5 nitrogen and oxygen atoms in total. The summed E-state index contributed by atoms with van der Waals surface area (Å²) in [6.07, 6.45) is 3.23. The summed E-state index contributed by atoms with van der Waals surface area (Å²) in [5, 5.41) is 0. The van der Waals surface area contributed by atoms with Gasteiger partial charge < -0.3 is 14.5 Å². The molecule has 2 saturated heterocycles. The van der Waals surface area contributed by atoms with Gasteiger partial charge in [-0.15, -0.1) is 0 Å². The molecule has 2 aliphatic heterocycles. The van der Waals surface area contributed by atoms with Crippen LogP contribution in [0.25, 0.3) is 0 Å². The second kappa shape index (κ2) is 7.45. The highest BCUT2D eigenvalue weighted by molar-refractivity contribution is 5.68. The molecule has 144 valence electrons. The van der Waals surface area contributed by atoms with E-state index < -0.39 is 5.60 Å². The summed E-state index contributed by atoms with van der Waals surface area (Å²) in [5.41, 5.74) is 3.04. The molecule has 0 N–H and O–H groups in total. The molecule has 1 unspecified atom stereocenters. The zero-order valence-corrected chi connectivity index (χ0v) is 16.9. The molecule has 1 amide bonds. The minimum Gasteiger partial charge on any atom is -0.444 e. The summed E-state index contributed by atoms with van der Waals surface area (Å²) in [7, 11) is 0. The van der Waals surface area contributed by atoms with Crippen molar-refractivity contribution < 1.29 is 9.53 Å². The number of anilines is 1. The molecule has 0 aromatic carbocycles. The molecule has 1 aromatic rings. The van der Waals surface area contributed by atoms with Gasteiger partial charge >= 0.3 is 6.09 Å². The molecular formula is C21H33N3O2. The molecule has 2 aliphatic rings. The third-order valence-corrected chi connectivity index (χ3v) is 5.32. The van der Waals surface area contributed by atoms with Crippen LogP contribution in [0.2, 0.25) is 0 Å². The maximum Gasteiger partial charge on any atom is 0.410 e. The zero-order chi connectivity index (χ0) is 18.9. The van der Waals surface area contributed by atoms with E-state index in [4.69, 9.17) is 4.74 Å². The Balaban J connectivity index is 1.67. The molecule has 0 radical (unpaired) electrons. The van der Waals surface area contributed by atoms with Gasteiger partial charge in [0.2, 0.25) is 0 Å². The second-order valence-electron chi connectivity index (χ2n) is 9.03. The van der Waals surface area contributed by atoms with E-state index in [-0.39, 0.29) is 6.09 Å². The third kappa shape index (κ3) is 4.89. The number of carbonyl (C=O) groups excluding carboxylic acids is 1. The fraction of sp³-hybridized carbons (Fsp3) is 0.714. The van der Waals surface area contributed by atoms with Crippen molar-refractivity contribution in [3.63, 3.8) is 0 Å². The average molecular weight is 360 g/mol. The molecule has 2 fully saturated rings. The molecule has 5 heteroatoms. The molecule has 26 heavy (non-hydrogen) atoms. The van der Waals surface area contributed by atoms with Crippen LogP contribution in [0, 0.1) is 25.7 Å². The highest BCUT2D eigenvalue weighted by Crippen LogP contribution is 2.32. The number of likely N-dealkylation sites (tertiary alicyclic amines) is 1. The number of pyridine rings is 1. The van der Waals surface area contributed by atoms with Gasteiger partial charge in [0.15, 0.2) is 0 Å². The summed E-state index contributed by atoms with van der Waals surface area (Å²) in [6.45, 7) is 13.7. The molecule has 2 bridgehead atoms. The Morgan fingerprint density at radius 2 is 1.69 bits per heavy atom. The average Bonchev–Trinajstić information content (AvgIpc) is 2.84. The summed E-state index contributed by atoms with van der Waals surface area (Å²) in [5.74, 6) is 1.19. The first-order chi connectivity index (χ1) is 12.2. The van der Waals surface area contributed by atoms with Gasteiger partial charge in [-0.2, -0.15) is 0 Å². The third-order valence-electron chi connectivity index (χ3n) is 5.32. The van der Waals surface area contributed by atoms with Crippen molar-refractivity contribution in [2.45, 2.75) is 59.5 Å². The van der Waals surface area contributed by atoms with Crippen LogP contribution in [-0.4, -0.2) is 47.8 Å². The molecule has 0 saturated carbocycles. The van der Waals surface area contributed by atoms with Crippen LogP contribution in [0.3, 0.4) is 0 Å². The Kier molecular flexibility index (Phi) is 5.44. The SMILES string of the molecule is Cc1cc(N2CC[C@@H]3CC(CCN(C(=O)OC(C)(C)C)C3)C2)cc(C)n1. The van der Waals surface area contributed by atoms with Crippen LogP contribution < -0.4 is 4.90 Å². The summed E-state index contributed by atoms with van der Waals surface area (Å²) < 4.78 is 5.60. The van der Waals surface area contributed by atoms with Gasteiger partial charge in [-0.05, 0) is 77.8 Å². The molecule has 2 atom stereocenters. The number of ether oxygens (including phenoxy) is 1. The van der Waals surface area contributed by atoms with Gasteiger partial charge in [0.1, 0.15) is 5.60 Å². The number of fused-ring (bicyclic) bond motifs is 2. The maximum absolute atomic E-state index is 12.5. The van der Waals surface area contributed by atoms with E-state index in [2.05, 4.69) is 35.9 Å². The second-order valence-corrected chi connectivity index (χ2v) is 9.03. The lowest BCUT2D eigenvalue weighted by atomic mass is 9.93. The van der Waals surface area contributed by atoms with Gasteiger partial charge in [-0.3, -0.25) is 4.98 Å². The lowest BCUT2D eigenvalue weighted by molar-refractivity contribution is 0.0231. The Morgan fingerprint density at radius 1 is 1.08 bits per heavy atom. The monoisotopic (exact) mass is 359 g/mol. The first kappa shape index (κ1) is 19.0. The predicted molar refractivity (Wildman–Crippen MR) is 105 cm³/mol. The number of amides is 1. The van der Waals surface area contributed by atoms with Crippen LogP contribution >= 0.6 is 0 Å². The molecule has 1 aromatic heterocycles. The number of rotatable bonds is 1. The van der Waals surface area contributed by atoms with E-state index >= 15 is 0 Å². The molecule has 0 spiro atoms. The number of hydrogen-bond acceptors (Lipinski definition) is 4. The van der Waals surface area contributed by atoms with Gasteiger partial charge in [-0.1, -0.05) is 0 Å². The van der Waals surface area contributed by atoms with Crippen LogP contribution in [0.4, 0.5) is 10.5 Å². The zero-order valence-electron chi connectivity index (χ0n) is 16.9. The van der Waals surface area contributed by atoms with Crippen molar-refractivity contribution in [1.29, 1.82) is 0 Å². The van der Waals surface area contributed by atoms with Crippen LogP contribution in [0.1, 0.15) is 51.4 Å². The van der Waals surface area contributed by atoms with Crippen LogP contribution in [0.5, 0.6) is 0 Å². The van der Waals surface area contributed by atoms with Crippen molar-refractivity contribution in [3.8, 4) is 0 Å². The molecule has 3 rings (SSSR count). The summed E-state index contributed by atoms with van der Waals surface area (Å²) in [6, 6.07) is 4.40. The quantitative estimate of drug-likeness (QED) is 0.755. The largest absolute Gasteiger partial charge is 0.444 e. The van der Waals surface area contributed by atoms with E-state index in [0.717, 1.165) is 50.4 Å². The van der Waals surface area contributed by atoms with Crippen molar-refractivity contribution in [2.75, 3.05) is 31.1 Å². The van der Waals surface area contributed by atoms with Crippen molar-refractivity contribution in [1.82, 2.24) is 9.88 Å². The minimum absolute atomic E-state index is 0.152. The van der Waals surface area contributed by atoms with E-state index in [1.54, 1.807) is 0 Å². The van der Waals surface area contributed by atoms with E-state index in [1.807, 2.05) is 25.7 Å². The van der Waals surface area contributed by atoms with Gasteiger partial charge in [0.25, 0.3) is 0 Å². The van der Waals surface area contributed by atoms with Gasteiger partial charge in [-0.25, -0.2) is 4.79 Å². The number of hydrogen-bond donors (Lipinski definition) is 0. The highest BCUT2D eigenvalue weighted by Gasteiger charge is 2.32. The van der Waals surface area contributed by atoms with Crippen molar-refractivity contribution in [3.05, 3.63) is 23.5 Å². The van der Waals surface area contributed by atoms with Gasteiger partial charge in [0.05, 0.1) is 0 Å². The lowest BCUT2D eigenvalue weighted by Gasteiger charge is -2.30. The van der Waals surface area contributed by atoms with Crippen LogP contribution in [-0.2, 0) is 4.74 Å². The number of aromatic nitrogens is 1. The Bertz CT molecular complexity index is 633. The summed E-state index contributed by atoms with van der Waals surface area (Å²) in [4.78, 5) is 21.5.